The lowest BCUT2D eigenvalue weighted by Gasteiger charge is -2.05. The van der Waals surface area contributed by atoms with Crippen LogP contribution in [0.2, 0.25) is 0 Å². The molecule has 0 spiro atoms. The standard InChI is InChI=1S/C13H17NO/c1-4-5-6-14-13(15)12-8-10(2)7-11(3)9-12/h4,7-9H,1,5-6H2,2-3H3,(H,14,15). The normalized spacial score (nSPS) is 9.73. The largest absolute Gasteiger partial charge is 0.352 e. The van der Waals surface area contributed by atoms with E-state index in [0.29, 0.717) is 6.54 Å². The average molecular weight is 203 g/mol. The van der Waals surface area contributed by atoms with Crippen molar-refractivity contribution in [3.8, 4) is 0 Å². The molecule has 1 N–H and O–H groups in total. The summed E-state index contributed by atoms with van der Waals surface area (Å²) in [5, 5.41) is 2.84. The Morgan fingerprint density at radius 1 is 1.33 bits per heavy atom. The quantitative estimate of drug-likeness (QED) is 0.591. The summed E-state index contributed by atoms with van der Waals surface area (Å²) in [4.78, 5) is 11.7. The van der Waals surface area contributed by atoms with Crippen molar-refractivity contribution in [3.63, 3.8) is 0 Å². The van der Waals surface area contributed by atoms with Crippen LogP contribution in [-0.4, -0.2) is 12.5 Å². The molecule has 0 aliphatic heterocycles. The van der Waals surface area contributed by atoms with Gasteiger partial charge in [0.25, 0.3) is 5.91 Å². The van der Waals surface area contributed by atoms with Gasteiger partial charge in [0.2, 0.25) is 0 Å². The summed E-state index contributed by atoms with van der Waals surface area (Å²) in [5.41, 5.74) is 2.96. The van der Waals surface area contributed by atoms with Gasteiger partial charge in [-0.2, -0.15) is 0 Å². The summed E-state index contributed by atoms with van der Waals surface area (Å²) in [6.07, 6.45) is 2.60. The molecule has 15 heavy (non-hydrogen) atoms. The lowest BCUT2D eigenvalue weighted by atomic mass is 10.1. The number of hydrogen-bond donors (Lipinski definition) is 1. The second-order valence-electron chi connectivity index (χ2n) is 3.71. The van der Waals surface area contributed by atoms with Gasteiger partial charge < -0.3 is 5.32 Å². The van der Waals surface area contributed by atoms with Crippen molar-refractivity contribution in [2.75, 3.05) is 6.54 Å². The van der Waals surface area contributed by atoms with Crippen LogP contribution in [0.1, 0.15) is 27.9 Å². The van der Waals surface area contributed by atoms with E-state index in [9.17, 15) is 4.79 Å². The predicted molar refractivity (Wildman–Crippen MR) is 63.1 cm³/mol. The first-order valence-electron chi connectivity index (χ1n) is 5.11. The van der Waals surface area contributed by atoms with Crippen molar-refractivity contribution >= 4 is 5.91 Å². The summed E-state index contributed by atoms with van der Waals surface area (Å²) >= 11 is 0. The molecule has 1 aromatic carbocycles. The first kappa shape index (κ1) is 11.5. The Bertz CT molecular complexity index is 349. The number of amides is 1. The van der Waals surface area contributed by atoms with Crippen LogP contribution in [0, 0.1) is 13.8 Å². The zero-order valence-corrected chi connectivity index (χ0v) is 9.34. The van der Waals surface area contributed by atoms with E-state index in [1.54, 1.807) is 6.08 Å². The van der Waals surface area contributed by atoms with E-state index in [1.165, 1.54) is 0 Å². The third-order valence-corrected chi connectivity index (χ3v) is 2.12. The highest BCUT2D eigenvalue weighted by atomic mass is 16.1. The Labute approximate surface area is 91.0 Å². The van der Waals surface area contributed by atoms with Crippen molar-refractivity contribution < 1.29 is 4.79 Å². The van der Waals surface area contributed by atoms with E-state index in [-0.39, 0.29) is 5.91 Å². The molecule has 0 bridgehead atoms. The van der Waals surface area contributed by atoms with Gasteiger partial charge in [0.15, 0.2) is 0 Å². The van der Waals surface area contributed by atoms with Gasteiger partial charge in [-0.3, -0.25) is 4.79 Å². The van der Waals surface area contributed by atoms with E-state index in [2.05, 4.69) is 18.0 Å². The molecule has 0 saturated carbocycles. The summed E-state index contributed by atoms with van der Waals surface area (Å²) in [7, 11) is 0. The Kier molecular flexibility index (Phi) is 4.10. The van der Waals surface area contributed by atoms with Gasteiger partial charge >= 0.3 is 0 Å². The van der Waals surface area contributed by atoms with Gasteiger partial charge in [-0.25, -0.2) is 0 Å². The maximum atomic E-state index is 11.7. The van der Waals surface area contributed by atoms with Crippen LogP contribution in [0.25, 0.3) is 0 Å². The van der Waals surface area contributed by atoms with Crippen molar-refractivity contribution in [3.05, 3.63) is 47.5 Å². The number of hydrogen-bond acceptors (Lipinski definition) is 1. The lowest BCUT2D eigenvalue weighted by molar-refractivity contribution is 0.0954. The fourth-order valence-corrected chi connectivity index (χ4v) is 1.50. The number of aryl methyl sites for hydroxylation is 2. The topological polar surface area (TPSA) is 29.1 Å². The van der Waals surface area contributed by atoms with Gasteiger partial charge in [-0.15, -0.1) is 6.58 Å². The predicted octanol–water partition coefficient (Wildman–Crippen LogP) is 2.61. The van der Waals surface area contributed by atoms with Gasteiger partial charge in [0.1, 0.15) is 0 Å². The Morgan fingerprint density at radius 2 is 1.93 bits per heavy atom. The maximum Gasteiger partial charge on any atom is 0.251 e. The number of benzene rings is 1. The molecular formula is C13H17NO. The molecular weight excluding hydrogens is 186 g/mol. The van der Waals surface area contributed by atoms with Crippen molar-refractivity contribution in [2.24, 2.45) is 0 Å². The minimum absolute atomic E-state index is 0.0105. The van der Waals surface area contributed by atoms with Crippen LogP contribution in [0.3, 0.4) is 0 Å². The highest BCUT2D eigenvalue weighted by Crippen LogP contribution is 2.08. The van der Waals surface area contributed by atoms with Gasteiger partial charge in [-0.1, -0.05) is 23.3 Å². The Balaban J connectivity index is 2.69. The van der Waals surface area contributed by atoms with Crippen LogP contribution in [-0.2, 0) is 0 Å². The number of rotatable bonds is 4. The molecule has 2 nitrogen and oxygen atoms in total. The average Bonchev–Trinajstić information content (AvgIpc) is 2.16. The highest BCUT2D eigenvalue weighted by Gasteiger charge is 2.04. The molecule has 1 aromatic rings. The SMILES string of the molecule is C=CCCNC(=O)c1cc(C)cc(C)c1. The molecule has 1 amide bonds. The van der Waals surface area contributed by atoms with E-state index >= 15 is 0 Å². The molecule has 0 saturated heterocycles. The van der Waals surface area contributed by atoms with Gasteiger partial charge in [0.05, 0.1) is 0 Å². The third-order valence-electron chi connectivity index (χ3n) is 2.12. The summed E-state index contributed by atoms with van der Waals surface area (Å²) in [6.45, 7) is 8.24. The number of carbonyl (C=O) groups is 1. The second-order valence-corrected chi connectivity index (χ2v) is 3.71. The molecule has 2 heteroatoms. The molecule has 0 atom stereocenters. The van der Waals surface area contributed by atoms with Crippen molar-refractivity contribution in [1.29, 1.82) is 0 Å². The molecule has 0 aromatic heterocycles. The number of nitrogens with one attached hydrogen (secondary N) is 1. The van der Waals surface area contributed by atoms with E-state index in [0.717, 1.165) is 23.1 Å². The maximum absolute atomic E-state index is 11.7. The smallest absolute Gasteiger partial charge is 0.251 e. The Hall–Kier alpha value is -1.57. The summed E-state index contributed by atoms with van der Waals surface area (Å²) in [6, 6.07) is 5.85. The monoisotopic (exact) mass is 203 g/mol. The molecule has 0 aliphatic rings. The van der Waals surface area contributed by atoms with E-state index in [1.807, 2.05) is 26.0 Å². The van der Waals surface area contributed by atoms with E-state index < -0.39 is 0 Å². The van der Waals surface area contributed by atoms with Gasteiger partial charge in [-0.05, 0) is 32.4 Å². The van der Waals surface area contributed by atoms with Crippen LogP contribution in [0.5, 0.6) is 0 Å². The zero-order valence-electron chi connectivity index (χ0n) is 9.34. The zero-order chi connectivity index (χ0) is 11.3. The molecule has 0 heterocycles. The Morgan fingerprint density at radius 3 is 2.47 bits per heavy atom. The molecule has 0 fully saturated rings. The van der Waals surface area contributed by atoms with Crippen molar-refractivity contribution in [1.82, 2.24) is 5.32 Å². The van der Waals surface area contributed by atoms with Crippen LogP contribution in [0.15, 0.2) is 30.9 Å². The summed E-state index contributed by atoms with van der Waals surface area (Å²) < 4.78 is 0. The van der Waals surface area contributed by atoms with Crippen LogP contribution in [0.4, 0.5) is 0 Å². The van der Waals surface area contributed by atoms with Crippen LogP contribution < -0.4 is 5.32 Å². The molecule has 0 unspecified atom stereocenters. The minimum Gasteiger partial charge on any atom is -0.352 e. The first-order chi connectivity index (χ1) is 7.13. The molecule has 0 radical (unpaired) electrons. The summed E-state index contributed by atoms with van der Waals surface area (Å²) in [5.74, 6) is -0.0105. The lowest BCUT2D eigenvalue weighted by Crippen LogP contribution is -2.24. The third kappa shape index (κ3) is 3.58. The second kappa shape index (κ2) is 5.35. The van der Waals surface area contributed by atoms with Crippen molar-refractivity contribution in [2.45, 2.75) is 20.3 Å². The van der Waals surface area contributed by atoms with Gasteiger partial charge in [0, 0.05) is 12.1 Å². The highest BCUT2D eigenvalue weighted by molar-refractivity contribution is 5.94. The van der Waals surface area contributed by atoms with E-state index in [4.69, 9.17) is 0 Å². The first-order valence-corrected chi connectivity index (χ1v) is 5.11. The molecule has 0 aliphatic carbocycles. The number of carbonyl (C=O) groups excluding carboxylic acids is 1. The molecule has 1 rings (SSSR count). The molecule has 80 valence electrons. The fourth-order valence-electron chi connectivity index (χ4n) is 1.50. The fraction of sp³-hybridized carbons (Fsp3) is 0.308. The minimum atomic E-state index is -0.0105. The van der Waals surface area contributed by atoms with Crippen LogP contribution >= 0.6 is 0 Å².